The van der Waals surface area contributed by atoms with Gasteiger partial charge < -0.3 is 4.74 Å². The number of aryl methyl sites for hydroxylation is 1. The smallest absolute Gasteiger partial charge is 0.159 e. The van der Waals surface area contributed by atoms with E-state index in [-0.39, 0.29) is 5.78 Å². The summed E-state index contributed by atoms with van der Waals surface area (Å²) in [6.07, 6.45) is 0. The predicted octanol–water partition coefficient (Wildman–Crippen LogP) is 4.90. The SMILES string of the molecule is CC(=O)c1ccc(OCc2csc(-c3ccc(C)cc3)n2)cc1. The molecular formula is C19H17NO2S. The van der Waals surface area contributed by atoms with Gasteiger partial charge in [0.15, 0.2) is 5.78 Å². The summed E-state index contributed by atoms with van der Waals surface area (Å²) in [4.78, 5) is 15.9. The van der Waals surface area contributed by atoms with Crippen LogP contribution in [0.25, 0.3) is 10.6 Å². The lowest BCUT2D eigenvalue weighted by Crippen LogP contribution is -1.97. The molecule has 0 radical (unpaired) electrons. The Morgan fingerprint density at radius 1 is 1.09 bits per heavy atom. The molecule has 23 heavy (non-hydrogen) atoms. The van der Waals surface area contributed by atoms with Gasteiger partial charge in [-0.15, -0.1) is 11.3 Å². The molecule has 0 saturated heterocycles. The second kappa shape index (κ2) is 6.75. The van der Waals surface area contributed by atoms with E-state index in [4.69, 9.17) is 4.74 Å². The number of thiazole rings is 1. The van der Waals surface area contributed by atoms with E-state index in [1.54, 1.807) is 30.4 Å². The number of nitrogens with zero attached hydrogens (tertiary/aromatic N) is 1. The lowest BCUT2D eigenvalue weighted by Gasteiger charge is -2.04. The Labute approximate surface area is 139 Å². The van der Waals surface area contributed by atoms with Crippen molar-refractivity contribution in [3.8, 4) is 16.3 Å². The first-order chi connectivity index (χ1) is 11.1. The fourth-order valence-electron chi connectivity index (χ4n) is 2.15. The largest absolute Gasteiger partial charge is 0.487 e. The minimum absolute atomic E-state index is 0.0544. The topological polar surface area (TPSA) is 39.2 Å². The average Bonchev–Trinajstić information content (AvgIpc) is 3.03. The predicted molar refractivity (Wildman–Crippen MR) is 93.1 cm³/mol. The fraction of sp³-hybridized carbons (Fsp3) is 0.158. The first-order valence-corrected chi connectivity index (χ1v) is 8.25. The third-order valence-electron chi connectivity index (χ3n) is 3.50. The molecule has 0 bridgehead atoms. The number of carbonyl (C=O) groups excluding carboxylic acids is 1. The van der Waals surface area contributed by atoms with E-state index in [1.807, 2.05) is 17.5 Å². The first-order valence-electron chi connectivity index (χ1n) is 7.37. The van der Waals surface area contributed by atoms with Crippen LogP contribution in [0.3, 0.4) is 0 Å². The molecular weight excluding hydrogens is 306 g/mol. The molecule has 0 N–H and O–H groups in total. The third-order valence-corrected chi connectivity index (χ3v) is 4.44. The number of hydrogen-bond acceptors (Lipinski definition) is 4. The van der Waals surface area contributed by atoms with Crippen molar-refractivity contribution in [2.45, 2.75) is 20.5 Å². The molecule has 0 aliphatic carbocycles. The molecule has 1 heterocycles. The highest BCUT2D eigenvalue weighted by atomic mass is 32.1. The van der Waals surface area contributed by atoms with Crippen molar-refractivity contribution in [1.82, 2.24) is 4.98 Å². The van der Waals surface area contributed by atoms with Crippen LogP contribution in [0.15, 0.2) is 53.9 Å². The van der Waals surface area contributed by atoms with Crippen molar-refractivity contribution >= 4 is 17.1 Å². The number of hydrogen-bond donors (Lipinski definition) is 0. The molecule has 0 unspecified atom stereocenters. The molecule has 0 fully saturated rings. The molecule has 0 aliphatic heterocycles. The Morgan fingerprint density at radius 3 is 2.43 bits per heavy atom. The van der Waals surface area contributed by atoms with Crippen molar-refractivity contribution in [2.75, 3.05) is 0 Å². The molecule has 3 rings (SSSR count). The minimum Gasteiger partial charge on any atom is -0.487 e. The number of ketones is 1. The van der Waals surface area contributed by atoms with Gasteiger partial charge in [0.25, 0.3) is 0 Å². The summed E-state index contributed by atoms with van der Waals surface area (Å²) in [5.41, 5.74) is 3.95. The number of benzene rings is 2. The molecule has 3 nitrogen and oxygen atoms in total. The van der Waals surface area contributed by atoms with Crippen LogP contribution < -0.4 is 4.74 Å². The summed E-state index contributed by atoms with van der Waals surface area (Å²) in [6, 6.07) is 15.5. The van der Waals surface area contributed by atoms with Gasteiger partial charge in [-0.25, -0.2) is 4.98 Å². The number of carbonyl (C=O) groups is 1. The fourth-order valence-corrected chi connectivity index (χ4v) is 2.96. The molecule has 0 atom stereocenters. The summed E-state index contributed by atoms with van der Waals surface area (Å²) in [5.74, 6) is 0.790. The molecule has 116 valence electrons. The third kappa shape index (κ3) is 3.85. The van der Waals surface area contributed by atoms with Gasteiger partial charge in [0.1, 0.15) is 17.4 Å². The molecule has 0 saturated carbocycles. The monoisotopic (exact) mass is 323 g/mol. The first kappa shape index (κ1) is 15.4. The molecule has 0 amide bonds. The van der Waals surface area contributed by atoms with Crippen LogP contribution in [0.5, 0.6) is 5.75 Å². The van der Waals surface area contributed by atoms with Crippen LogP contribution >= 0.6 is 11.3 Å². The van der Waals surface area contributed by atoms with E-state index in [0.717, 1.165) is 22.0 Å². The average molecular weight is 323 g/mol. The lowest BCUT2D eigenvalue weighted by molar-refractivity contribution is 0.101. The Morgan fingerprint density at radius 2 is 1.78 bits per heavy atom. The lowest BCUT2D eigenvalue weighted by atomic mass is 10.1. The van der Waals surface area contributed by atoms with E-state index in [2.05, 4.69) is 36.2 Å². The van der Waals surface area contributed by atoms with Crippen LogP contribution in [0.2, 0.25) is 0 Å². The van der Waals surface area contributed by atoms with Gasteiger partial charge in [0.05, 0.1) is 5.69 Å². The van der Waals surface area contributed by atoms with Crippen molar-refractivity contribution < 1.29 is 9.53 Å². The van der Waals surface area contributed by atoms with Gasteiger partial charge in [-0.1, -0.05) is 29.8 Å². The molecule has 4 heteroatoms. The molecule has 0 spiro atoms. The number of ether oxygens (including phenoxy) is 1. The summed E-state index contributed by atoms with van der Waals surface area (Å²) < 4.78 is 5.73. The van der Waals surface area contributed by atoms with Crippen LogP contribution in [-0.4, -0.2) is 10.8 Å². The minimum atomic E-state index is 0.0544. The zero-order valence-electron chi connectivity index (χ0n) is 13.1. The second-order valence-corrected chi connectivity index (χ2v) is 6.24. The van der Waals surface area contributed by atoms with E-state index in [0.29, 0.717) is 12.2 Å². The Balaban J connectivity index is 1.65. The van der Waals surface area contributed by atoms with Crippen molar-refractivity contribution in [3.05, 3.63) is 70.7 Å². The molecule has 2 aromatic carbocycles. The van der Waals surface area contributed by atoms with Gasteiger partial charge in [0.2, 0.25) is 0 Å². The van der Waals surface area contributed by atoms with Crippen LogP contribution in [0.1, 0.15) is 28.5 Å². The summed E-state index contributed by atoms with van der Waals surface area (Å²) in [6.45, 7) is 4.04. The van der Waals surface area contributed by atoms with Crippen molar-refractivity contribution in [3.63, 3.8) is 0 Å². The molecule has 3 aromatic rings. The zero-order valence-corrected chi connectivity index (χ0v) is 13.9. The van der Waals surface area contributed by atoms with Crippen LogP contribution in [-0.2, 0) is 6.61 Å². The number of rotatable bonds is 5. The van der Waals surface area contributed by atoms with Gasteiger partial charge in [-0.05, 0) is 38.1 Å². The van der Waals surface area contributed by atoms with Gasteiger partial charge in [-0.3, -0.25) is 4.79 Å². The maximum atomic E-state index is 11.2. The Hall–Kier alpha value is -2.46. The quantitative estimate of drug-likeness (QED) is 0.627. The van der Waals surface area contributed by atoms with E-state index >= 15 is 0 Å². The zero-order chi connectivity index (χ0) is 16.2. The molecule has 1 aromatic heterocycles. The van der Waals surface area contributed by atoms with Crippen molar-refractivity contribution in [1.29, 1.82) is 0 Å². The van der Waals surface area contributed by atoms with Crippen LogP contribution in [0, 0.1) is 6.92 Å². The number of Topliss-reactive ketones (excluding diaryl/α,β-unsaturated/α-hetero) is 1. The standard InChI is InChI=1S/C19H17NO2S/c1-13-3-5-16(6-4-13)19-20-17(12-23-19)11-22-18-9-7-15(8-10-18)14(2)21/h3-10,12H,11H2,1-2H3. The van der Waals surface area contributed by atoms with E-state index in [1.165, 1.54) is 5.56 Å². The highest BCUT2D eigenvalue weighted by Crippen LogP contribution is 2.24. The Kier molecular flexibility index (Phi) is 4.53. The number of aromatic nitrogens is 1. The van der Waals surface area contributed by atoms with Gasteiger partial charge >= 0.3 is 0 Å². The molecule has 0 aliphatic rings. The summed E-state index contributed by atoms with van der Waals surface area (Å²) >= 11 is 1.61. The maximum Gasteiger partial charge on any atom is 0.159 e. The highest BCUT2D eigenvalue weighted by molar-refractivity contribution is 7.13. The van der Waals surface area contributed by atoms with Crippen LogP contribution in [0.4, 0.5) is 0 Å². The maximum absolute atomic E-state index is 11.2. The van der Waals surface area contributed by atoms with Crippen molar-refractivity contribution in [2.24, 2.45) is 0 Å². The van der Waals surface area contributed by atoms with Gasteiger partial charge in [-0.2, -0.15) is 0 Å². The Bertz CT molecular complexity index is 804. The van der Waals surface area contributed by atoms with Gasteiger partial charge in [0, 0.05) is 16.5 Å². The highest BCUT2D eigenvalue weighted by Gasteiger charge is 2.06. The summed E-state index contributed by atoms with van der Waals surface area (Å²) in [7, 11) is 0. The second-order valence-electron chi connectivity index (χ2n) is 5.38. The normalized spacial score (nSPS) is 10.5. The summed E-state index contributed by atoms with van der Waals surface area (Å²) in [5, 5.41) is 3.01. The van der Waals surface area contributed by atoms with E-state index < -0.39 is 0 Å². The van der Waals surface area contributed by atoms with E-state index in [9.17, 15) is 4.79 Å².